The van der Waals surface area contributed by atoms with Crippen LogP contribution in [0.4, 0.5) is 8.78 Å². The Bertz CT molecular complexity index is 829. The molecule has 2 amide bonds. The van der Waals surface area contributed by atoms with Crippen molar-refractivity contribution >= 4 is 46.2 Å². The first-order chi connectivity index (χ1) is 14.4. The zero-order chi connectivity index (χ0) is 21.5. The maximum atomic E-state index is 12.7. The van der Waals surface area contributed by atoms with Crippen LogP contribution in [0, 0.1) is 0 Å². The lowest BCUT2D eigenvalue weighted by Crippen LogP contribution is -2.33. The van der Waals surface area contributed by atoms with E-state index in [1.165, 1.54) is 17.0 Å². The van der Waals surface area contributed by atoms with Gasteiger partial charge in [0.05, 0.1) is 11.0 Å². The third-order valence-electron chi connectivity index (χ3n) is 4.63. The molecule has 0 aromatic heterocycles. The summed E-state index contributed by atoms with van der Waals surface area (Å²) in [5.74, 6) is -0.415. The SMILES string of the molecule is O=C(CCCN1C(=O)/C(=C/c2ccccc2OC(F)F)SC1=S)NC[C@H]1CCCO1. The number of carbonyl (C=O) groups is 2. The van der Waals surface area contributed by atoms with Crippen molar-refractivity contribution in [1.29, 1.82) is 0 Å². The summed E-state index contributed by atoms with van der Waals surface area (Å²) in [6.07, 6.45) is 4.28. The summed E-state index contributed by atoms with van der Waals surface area (Å²) >= 11 is 6.37. The number of alkyl halides is 2. The number of hydrogen-bond acceptors (Lipinski definition) is 6. The van der Waals surface area contributed by atoms with Gasteiger partial charge in [-0.25, -0.2) is 0 Å². The Kier molecular flexibility index (Phi) is 8.17. The summed E-state index contributed by atoms with van der Waals surface area (Å²) in [7, 11) is 0. The molecule has 2 aliphatic heterocycles. The van der Waals surface area contributed by atoms with Gasteiger partial charge in [0.15, 0.2) is 0 Å². The van der Waals surface area contributed by atoms with Gasteiger partial charge in [-0.2, -0.15) is 8.78 Å². The molecule has 6 nitrogen and oxygen atoms in total. The minimum absolute atomic E-state index is 0.0133. The highest BCUT2D eigenvalue weighted by Gasteiger charge is 2.32. The van der Waals surface area contributed by atoms with Gasteiger partial charge in [0, 0.05) is 31.7 Å². The fraction of sp³-hybridized carbons (Fsp3) is 0.450. The first kappa shape index (κ1) is 22.6. The smallest absolute Gasteiger partial charge is 0.387 e. The lowest BCUT2D eigenvalue weighted by molar-refractivity contribution is -0.124. The van der Waals surface area contributed by atoms with Crippen LogP contribution < -0.4 is 10.1 Å². The van der Waals surface area contributed by atoms with Crippen LogP contribution in [0.2, 0.25) is 0 Å². The Morgan fingerprint density at radius 3 is 2.97 bits per heavy atom. The number of benzene rings is 1. The molecule has 0 spiro atoms. The van der Waals surface area contributed by atoms with Crippen molar-refractivity contribution in [2.75, 3.05) is 19.7 Å². The molecule has 1 N–H and O–H groups in total. The van der Waals surface area contributed by atoms with Crippen LogP contribution in [-0.2, 0) is 14.3 Å². The third kappa shape index (κ3) is 6.23. The number of hydrogen-bond donors (Lipinski definition) is 1. The van der Waals surface area contributed by atoms with Crippen molar-refractivity contribution in [3.05, 3.63) is 34.7 Å². The molecule has 0 saturated carbocycles. The largest absolute Gasteiger partial charge is 0.434 e. The number of para-hydroxylation sites is 1. The molecule has 0 unspecified atom stereocenters. The van der Waals surface area contributed by atoms with Crippen molar-refractivity contribution in [2.45, 2.75) is 38.4 Å². The van der Waals surface area contributed by atoms with Gasteiger partial charge in [-0.15, -0.1) is 0 Å². The Balaban J connectivity index is 1.52. The number of rotatable bonds is 9. The first-order valence-electron chi connectivity index (χ1n) is 9.61. The van der Waals surface area contributed by atoms with Crippen LogP contribution in [0.5, 0.6) is 5.75 Å². The van der Waals surface area contributed by atoms with E-state index in [4.69, 9.17) is 17.0 Å². The predicted molar refractivity (Wildman–Crippen MR) is 114 cm³/mol. The van der Waals surface area contributed by atoms with Crippen LogP contribution in [-0.4, -0.2) is 53.4 Å². The predicted octanol–water partition coefficient (Wildman–Crippen LogP) is 3.56. The quantitative estimate of drug-likeness (QED) is 0.453. The molecule has 30 heavy (non-hydrogen) atoms. The lowest BCUT2D eigenvalue weighted by Gasteiger charge is -2.15. The van der Waals surface area contributed by atoms with Crippen molar-refractivity contribution < 1.29 is 27.8 Å². The second-order valence-electron chi connectivity index (χ2n) is 6.79. The van der Waals surface area contributed by atoms with E-state index < -0.39 is 6.61 Å². The number of amides is 2. The number of carbonyl (C=O) groups excluding carboxylic acids is 2. The molecule has 0 bridgehead atoms. The van der Waals surface area contributed by atoms with Gasteiger partial charge in [0.2, 0.25) is 5.91 Å². The van der Waals surface area contributed by atoms with Crippen LogP contribution in [0.25, 0.3) is 6.08 Å². The average Bonchev–Trinajstić information content (AvgIpc) is 3.31. The summed E-state index contributed by atoms with van der Waals surface area (Å²) in [5, 5.41) is 2.84. The second kappa shape index (κ2) is 10.8. The summed E-state index contributed by atoms with van der Waals surface area (Å²) in [4.78, 5) is 26.4. The maximum absolute atomic E-state index is 12.7. The van der Waals surface area contributed by atoms with Gasteiger partial charge < -0.3 is 14.8 Å². The molecule has 1 aromatic carbocycles. The molecular formula is C20H22F2N2O4S2. The third-order valence-corrected chi connectivity index (χ3v) is 6.01. The Morgan fingerprint density at radius 2 is 2.23 bits per heavy atom. The molecule has 0 radical (unpaired) electrons. The van der Waals surface area contributed by atoms with Gasteiger partial charge >= 0.3 is 6.61 Å². The molecule has 0 aliphatic carbocycles. The molecule has 10 heteroatoms. The van der Waals surface area contributed by atoms with Gasteiger partial charge in [0.25, 0.3) is 5.91 Å². The normalized spacial score (nSPS) is 20.4. The van der Waals surface area contributed by atoms with Crippen LogP contribution in [0.1, 0.15) is 31.2 Å². The number of ether oxygens (including phenoxy) is 2. The summed E-state index contributed by atoms with van der Waals surface area (Å²) < 4.78 is 35.5. The highest BCUT2D eigenvalue weighted by molar-refractivity contribution is 8.26. The van der Waals surface area contributed by atoms with Crippen molar-refractivity contribution in [3.8, 4) is 5.75 Å². The minimum atomic E-state index is -2.96. The van der Waals surface area contributed by atoms with E-state index in [1.807, 2.05) is 0 Å². The molecule has 3 rings (SSSR count). The number of thioether (sulfide) groups is 1. The van der Waals surface area contributed by atoms with Crippen molar-refractivity contribution in [3.63, 3.8) is 0 Å². The van der Waals surface area contributed by atoms with E-state index in [9.17, 15) is 18.4 Å². The fourth-order valence-corrected chi connectivity index (χ4v) is 4.46. The standard InChI is InChI=1S/C20H22F2N2O4S2/c21-19(22)28-15-7-2-1-5-13(15)11-16-18(26)24(20(29)30-16)9-3-8-17(25)23-12-14-6-4-10-27-14/h1-2,5,7,11,14,19H,3-4,6,8-10,12H2,(H,23,25)/b16-11-/t14-/m1/s1. The molecule has 1 atom stereocenters. The molecule has 2 heterocycles. The Labute approximate surface area is 183 Å². The molecule has 2 fully saturated rings. The van der Waals surface area contributed by atoms with E-state index >= 15 is 0 Å². The highest BCUT2D eigenvalue weighted by Crippen LogP contribution is 2.34. The van der Waals surface area contributed by atoms with Crippen LogP contribution in [0.15, 0.2) is 29.2 Å². The van der Waals surface area contributed by atoms with Gasteiger partial charge in [0.1, 0.15) is 10.1 Å². The first-order valence-corrected chi connectivity index (χ1v) is 10.8. The highest BCUT2D eigenvalue weighted by atomic mass is 32.2. The fourth-order valence-electron chi connectivity index (χ4n) is 3.16. The lowest BCUT2D eigenvalue weighted by atomic mass is 10.2. The summed E-state index contributed by atoms with van der Waals surface area (Å²) in [5.41, 5.74) is 0.367. The molecule has 2 saturated heterocycles. The second-order valence-corrected chi connectivity index (χ2v) is 8.47. The monoisotopic (exact) mass is 456 g/mol. The summed E-state index contributed by atoms with van der Waals surface area (Å²) in [6, 6.07) is 6.24. The Morgan fingerprint density at radius 1 is 1.43 bits per heavy atom. The van der Waals surface area contributed by atoms with E-state index in [0.29, 0.717) is 34.3 Å². The number of nitrogens with zero attached hydrogens (tertiary/aromatic N) is 1. The van der Waals surface area contributed by atoms with Crippen LogP contribution in [0.3, 0.4) is 0 Å². The molecule has 1 aromatic rings. The molecule has 162 valence electrons. The van der Waals surface area contributed by atoms with E-state index in [-0.39, 0.29) is 30.1 Å². The maximum Gasteiger partial charge on any atom is 0.387 e. The van der Waals surface area contributed by atoms with Crippen molar-refractivity contribution in [2.24, 2.45) is 0 Å². The average molecular weight is 457 g/mol. The Hall–Kier alpha value is -2.04. The zero-order valence-corrected chi connectivity index (χ0v) is 17.8. The number of halogens is 2. The van der Waals surface area contributed by atoms with Gasteiger partial charge in [-0.05, 0) is 31.4 Å². The van der Waals surface area contributed by atoms with Crippen molar-refractivity contribution in [1.82, 2.24) is 10.2 Å². The number of nitrogens with one attached hydrogen (secondary N) is 1. The zero-order valence-electron chi connectivity index (χ0n) is 16.1. The molecule has 2 aliphatic rings. The number of thiocarbonyl (C=S) groups is 1. The molecular weight excluding hydrogens is 434 g/mol. The van der Waals surface area contributed by atoms with E-state index in [1.54, 1.807) is 18.2 Å². The summed E-state index contributed by atoms with van der Waals surface area (Å²) in [6.45, 7) is -1.41. The van der Waals surface area contributed by atoms with Crippen LogP contribution >= 0.6 is 24.0 Å². The topological polar surface area (TPSA) is 67.9 Å². The van der Waals surface area contributed by atoms with E-state index in [0.717, 1.165) is 31.2 Å². The minimum Gasteiger partial charge on any atom is -0.434 e. The van der Waals surface area contributed by atoms with E-state index in [2.05, 4.69) is 10.1 Å². The van der Waals surface area contributed by atoms with Gasteiger partial charge in [-0.3, -0.25) is 14.5 Å². The van der Waals surface area contributed by atoms with Gasteiger partial charge in [-0.1, -0.05) is 42.2 Å².